The average molecular weight is 571 g/mol. The number of nitrogens with zero attached hydrogens (tertiary/aromatic N) is 4. The van der Waals surface area contributed by atoms with Crippen molar-refractivity contribution in [1.29, 1.82) is 0 Å². The van der Waals surface area contributed by atoms with Gasteiger partial charge in [-0.15, -0.1) is 10.2 Å². The highest BCUT2D eigenvalue weighted by Gasteiger charge is 2.20. The lowest BCUT2D eigenvalue weighted by molar-refractivity contribution is 0.0995. The van der Waals surface area contributed by atoms with Crippen molar-refractivity contribution in [2.75, 3.05) is 0 Å². The quantitative estimate of drug-likeness (QED) is 0.193. The second-order valence-corrected chi connectivity index (χ2v) is 9.79. The summed E-state index contributed by atoms with van der Waals surface area (Å²) in [6.07, 6.45) is 0. The van der Waals surface area contributed by atoms with Gasteiger partial charge in [0.2, 0.25) is 5.88 Å². The van der Waals surface area contributed by atoms with Crippen LogP contribution in [0.25, 0.3) is 10.9 Å². The van der Waals surface area contributed by atoms with E-state index in [9.17, 15) is 14.3 Å². The zero-order chi connectivity index (χ0) is 26.5. The van der Waals surface area contributed by atoms with Gasteiger partial charge >= 0.3 is 0 Å². The van der Waals surface area contributed by atoms with E-state index in [1.165, 1.54) is 24.3 Å². The molecule has 0 atom stereocenters. The van der Waals surface area contributed by atoms with Gasteiger partial charge in [-0.05, 0) is 53.6 Å². The molecule has 0 fully saturated rings. The van der Waals surface area contributed by atoms with Crippen LogP contribution < -0.4 is 0 Å². The molecule has 0 unspecified atom stereocenters. The molecule has 1 heterocycles. The Hall–Kier alpha value is -4.14. The summed E-state index contributed by atoms with van der Waals surface area (Å²) < 4.78 is 15.8. The molecular weight excluding hydrogens is 547 g/mol. The third-order valence-electron chi connectivity index (χ3n) is 6.14. The Morgan fingerprint density at radius 3 is 2.08 bits per heavy atom. The normalized spacial score (nSPS) is 11.6. The number of fused-ring (bicyclic) bond motifs is 1. The molecule has 5 rings (SSSR count). The number of carbonyl (C=O) groups is 1. The van der Waals surface area contributed by atoms with Gasteiger partial charge in [-0.25, -0.2) is 4.39 Å². The van der Waals surface area contributed by atoms with Crippen molar-refractivity contribution >= 4 is 38.4 Å². The van der Waals surface area contributed by atoms with Crippen LogP contribution in [0.15, 0.2) is 118 Å². The first kappa shape index (κ1) is 25.5. The summed E-state index contributed by atoms with van der Waals surface area (Å²) in [5.41, 5.74) is 3.44. The van der Waals surface area contributed by atoms with Gasteiger partial charge in [0.05, 0.1) is 12.2 Å². The predicted molar refractivity (Wildman–Crippen MR) is 149 cm³/mol. The minimum absolute atomic E-state index is 0.0973. The van der Waals surface area contributed by atoms with Crippen molar-refractivity contribution in [1.82, 2.24) is 9.47 Å². The van der Waals surface area contributed by atoms with Crippen molar-refractivity contribution in [2.45, 2.75) is 19.8 Å². The van der Waals surface area contributed by atoms with E-state index in [-0.39, 0.29) is 17.1 Å². The molecule has 190 valence electrons. The number of aromatic hydroxyl groups is 1. The summed E-state index contributed by atoms with van der Waals surface area (Å²) in [5.74, 6) is -1.17. The first-order valence-electron chi connectivity index (χ1n) is 12.0. The van der Waals surface area contributed by atoms with Gasteiger partial charge in [0.25, 0.3) is 5.91 Å². The molecule has 0 aliphatic heterocycles. The fourth-order valence-corrected chi connectivity index (χ4v) is 4.68. The van der Waals surface area contributed by atoms with Gasteiger partial charge in [0.1, 0.15) is 5.82 Å². The highest BCUT2D eigenvalue weighted by molar-refractivity contribution is 9.10. The van der Waals surface area contributed by atoms with Crippen LogP contribution in [0, 0.1) is 5.82 Å². The maximum Gasteiger partial charge on any atom is 0.295 e. The van der Waals surface area contributed by atoms with Gasteiger partial charge in [0, 0.05) is 28.5 Å². The number of rotatable bonds is 8. The summed E-state index contributed by atoms with van der Waals surface area (Å²) in [4.78, 5) is 14.8. The molecule has 0 saturated heterocycles. The van der Waals surface area contributed by atoms with Crippen molar-refractivity contribution in [3.05, 3.63) is 130 Å². The zero-order valence-electron chi connectivity index (χ0n) is 20.3. The highest BCUT2D eigenvalue weighted by Crippen LogP contribution is 2.40. The van der Waals surface area contributed by atoms with Gasteiger partial charge in [-0.3, -0.25) is 14.3 Å². The maximum atomic E-state index is 13.2. The number of azo groups is 1. The van der Waals surface area contributed by atoms with Gasteiger partial charge in [-0.1, -0.05) is 76.6 Å². The van der Waals surface area contributed by atoms with E-state index >= 15 is 0 Å². The summed E-state index contributed by atoms with van der Waals surface area (Å²) >= 11 is 3.49. The molecule has 0 bridgehead atoms. The van der Waals surface area contributed by atoms with Crippen LogP contribution in [-0.2, 0) is 19.8 Å². The number of hydrogen-bond acceptors (Lipinski definition) is 4. The van der Waals surface area contributed by atoms with E-state index in [0.717, 1.165) is 21.1 Å². The van der Waals surface area contributed by atoms with Crippen LogP contribution in [0.4, 0.5) is 10.1 Å². The molecule has 8 heteroatoms. The monoisotopic (exact) mass is 570 g/mol. The Balaban J connectivity index is 1.50. The van der Waals surface area contributed by atoms with Gasteiger partial charge in [-0.2, -0.15) is 0 Å². The van der Waals surface area contributed by atoms with Crippen molar-refractivity contribution < 1.29 is 14.3 Å². The fourth-order valence-electron chi connectivity index (χ4n) is 4.32. The lowest BCUT2D eigenvalue weighted by Gasteiger charge is -2.24. The number of benzene rings is 4. The summed E-state index contributed by atoms with van der Waals surface area (Å²) in [6, 6.07) is 31.0. The highest BCUT2D eigenvalue weighted by atomic mass is 79.9. The molecule has 0 radical (unpaired) electrons. The van der Waals surface area contributed by atoms with Crippen LogP contribution in [0.3, 0.4) is 0 Å². The predicted octanol–water partition coefficient (Wildman–Crippen LogP) is 7.83. The number of carbonyl (C=O) groups excluding carboxylic acids is 1. The average Bonchev–Trinajstić information content (AvgIpc) is 3.18. The Morgan fingerprint density at radius 2 is 1.47 bits per heavy atom. The van der Waals surface area contributed by atoms with E-state index < -0.39 is 11.7 Å². The van der Waals surface area contributed by atoms with E-state index in [2.05, 4.69) is 55.3 Å². The molecule has 4 aromatic carbocycles. The van der Waals surface area contributed by atoms with Crippen LogP contribution in [0.2, 0.25) is 0 Å². The first-order valence-corrected chi connectivity index (χ1v) is 12.8. The number of amides is 1. The minimum atomic E-state index is -0.630. The van der Waals surface area contributed by atoms with E-state index in [1.54, 1.807) is 4.57 Å². The smallest absolute Gasteiger partial charge is 0.295 e. The summed E-state index contributed by atoms with van der Waals surface area (Å²) in [5, 5.41) is 19.9. The molecule has 38 heavy (non-hydrogen) atoms. The lowest BCUT2D eigenvalue weighted by Crippen LogP contribution is -2.25. The first-order chi connectivity index (χ1) is 18.5. The van der Waals surface area contributed by atoms with Gasteiger partial charge < -0.3 is 5.11 Å². The SMILES string of the molecule is O=C(N=Nc1c(O)n(CN(Cc2ccccc2)Cc2ccccc2)c2ccc(Br)cc12)c1ccc(F)cc1. The number of hydrogen-bond donors (Lipinski definition) is 1. The van der Waals surface area contributed by atoms with Crippen molar-refractivity contribution in [2.24, 2.45) is 10.2 Å². The Kier molecular flexibility index (Phi) is 7.72. The van der Waals surface area contributed by atoms with E-state index in [0.29, 0.717) is 25.1 Å². The molecule has 5 aromatic rings. The second-order valence-electron chi connectivity index (χ2n) is 8.87. The Bertz CT molecular complexity index is 1540. The second kappa shape index (κ2) is 11.5. The third-order valence-corrected chi connectivity index (χ3v) is 6.64. The molecule has 1 aromatic heterocycles. The maximum absolute atomic E-state index is 13.2. The molecule has 1 N–H and O–H groups in total. The van der Waals surface area contributed by atoms with Gasteiger partial charge in [0.15, 0.2) is 5.69 Å². The van der Waals surface area contributed by atoms with Crippen LogP contribution >= 0.6 is 15.9 Å². The van der Waals surface area contributed by atoms with E-state index in [1.807, 2.05) is 54.6 Å². The zero-order valence-corrected chi connectivity index (χ0v) is 21.9. The van der Waals surface area contributed by atoms with Crippen LogP contribution in [-0.4, -0.2) is 20.5 Å². The number of aromatic nitrogens is 1. The molecule has 6 nitrogen and oxygen atoms in total. The molecule has 1 amide bonds. The van der Waals surface area contributed by atoms with Crippen molar-refractivity contribution in [3.8, 4) is 5.88 Å². The Morgan fingerprint density at radius 1 is 0.868 bits per heavy atom. The van der Waals surface area contributed by atoms with Crippen LogP contribution in [0.1, 0.15) is 21.5 Å². The molecule has 0 aliphatic carbocycles. The lowest BCUT2D eigenvalue weighted by atomic mass is 10.2. The topological polar surface area (TPSA) is 70.2 Å². The minimum Gasteiger partial charge on any atom is -0.493 e. The Labute approximate surface area is 227 Å². The molecular formula is C30H24BrFN4O2. The molecule has 0 saturated carbocycles. The van der Waals surface area contributed by atoms with E-state index in [4.69, 9.17) is 0 Å². The van der Waals surface area contributed by atoms with Crippen LogP contribution in [0.5, 0.6) is 5.88 Å². The molecule has 0 aliphatic rings. The van der Waals surface area contributed by atoms with Crippen molar-refractivity contribution in [3.63, 3.8) is 0 Å². The molecule has 0 spiro atoms. The third kappa shape index (κ3) is 5.88. The summed E-state index contributed by atoms with van der Waals surface area (Å²) in [6.45, 7) is 1.69. The standard InChI is InChI=1S/C30H24BrFN4O2/c31-24-13-16-27-26(17-24)28(33-34-29(37)23-11-14-25(32)15-12-23)30(38)36(27)20-35(18-21-7-3-1-4-8-21)19-22-9-5-2-6-10-22/h1-17,38H,18-20H2. The number of halogens is 2. The summed E-state index contributed by atoms with van der Waals surface area (Å²) in [7, 11) is 0. The fraction of sp³-hybridized carbons (Fsp3) is 0.100. The largest absolute Gasteiger partial charge is 0.493 e.